The van der Waals surface area contributed by atoms with Gasteiger partial charge in [0.05, 0.1) is 13.7 Å². The Morgan fingerprint density at radius 1 is 1.06 bits per heavy atom. The van der Waals surface area contributed by atoms with Crippen molar-refractivity contribution in [2.45, 2.75) is 6.42 Å². The first-order chi connectivity index (χ1) is 14.9. The van der Waals surface area contributed by atoms with E-state index in [-0.39, 0.29) is 56.0 Å². The number of nitrogens with zero attached hydrogens (tertiary/aromatic N) is 1. The number of aliphatic hydroxyl groups is 1. The van der Waals surface area contributed by atoms with Crippen molar-refractivity contribution in [3.63, 3.8) is 0 Å². The van der Waals surface area contributed by atoms with E-state index in [2.05, 4.69) is 15.6 Å². The minimum absolute atomic E-state index is 0.0925. The Bertz CT molecular complexity index is 945. The van der Waals surface area contributed by atoms with Crippen molar-refractivity contribution in [3.05, 3.63) is 65.0 Å². The Morgan fingerprint density at radius 2 is 1.77 bits per heavy atom. The average molecular weight is 429 g/mol. The predicted octanol–water partition coefficient (Wildman–Crippen LogP) is 1.36. The number of ketones is 1. The molecule has 3 N–H and O–H groups in total. The van der Waals surface area contributed by atoms with Gasteiger partial charge in [0.1, 0.15) is 6.54 Å². The van der Waals surface area contributed by atoms with Crippen LogP contribution in [0.1, 0.15) is 32.7 Å². The van der Waals surface area contributed by atoms with Gasteiger partial charge in [0.2, 0.25) is 5.91 Å². The quantitative estimate of drug-likeness (QED) is 0.368. The molecule has 0 radical (unpaired) electrons. The molecular formula is C22H24FN3O5. The van der Waals surface area contributed by atoms with Gasteiger partial charge in [-0.2, -0.15) is 0 Å². The normalized spacial score (nSPS) is 10.7. The molecule has 2 aromatic rings. The first kappa shape index (κ1) is 23.7. The van der Waals surface area contributed by atoms with Crippen molar-refractivity contribution in [3.8, 4) is 5.75 Å². The van der Waals surface area contributed by atoms with Gasteiger partial charge in [-0.15, -0.1) is 0 Å². The Labute approximate surface area is 179 Å². The fourth-order valence-corrected chi connectivity index (χ4v) is 2.56. The van der Waals surface area contributed by atoms with E-state index in [9.17, 15) is 18.8 Å². The number of halogens is 1. The maximum Gasteiger partial charge on any atom is 0.251 e. The molecule has 0 spiro atoms. The molecule has 0 aliphatic heterocycles. The second-order valence-electron chi connectivity index (χ2n) is 6.44. The molecule has 0 saturated carbocycles. The van der Waals surface area contributed by atoms with Crippen LogP contribution < -0.4 is 15.4 Å². The smallest absolute Gasteiger partial charge is 0.251 e. The minimum atomic E-state index is -0.482. The first-order valence-corrected chi connectivity index (χ1v) is 9.57. The van der Waals surface area contributed by atoms with E-state index in [0.29, 0.717) is 16.7 Å². The van der Waals surface area contributed by atoms with Crippen LogP contribution in [0.3, 0.4) is 0 Å². The van der Waals surface area contributed by atoms with Crippen LogP contribution >= 0.6 is 0 Å². The Kier molecular flexibility index (Phi) is 9.31. The summed E-state index contributed by atoms with van der Waals surface area (Å²) >= 11 is 0. The van der Waals surface area contributed by atoms with Gasteiger partial charge >= 0.3 is 0 Å². The molecule has 0 saturated heterocycles. The number of rotatable bonds is 11. The van der Waals surface area contributed by atoms with Crippen molar-refractivity contribution < 1.29 is 28.6 Å². The van der Waals surface area contributed by atoms with Gasteiger partial charge in [-0.1, -0.05) is 18.2 Å². The standard InChI is InChI=1S/C22H24FN3O5/c1-31-20-12-15(2-7-18(20)23)13-24-14-19(28)16-3-5-17(6-4-16)22(30)26-9-8-21(29)25-10-11-27/h2-7,12-13,27H,8-11,14H2,1H3,(H,25,29)(H,26,30). The molecule has 0 unspecified atom stereocenters. The van der Waals surface area contributed by atoms with Crippen molar-refractivity contribution in [1.82, 2.24) is 10.6 Å². The summed E-state index contributed by atoms with van der Waals surface area (Å²) in [5.41, 5.74) is 1.35. The number of benzene rings is 2. The Morgan fingerprint density at radius 3 is 2.45 bits per heavy atom. The molecule has 164 valence electrons. The fraction of sp³-hybridized carbons (Fsp3) is 0.273. The second-order valence-corrected chi connectivity index (χ2v) is 6.44. The number of Topliss-reactive ketones (excluding diaryl/α,β-unsaturated/α-hetero) is 1. The highest BCUT2D eigenvalue weighted by Crippen LogP contribution is 2.17. The third kappa shape index (κ3) is 7.63. The molecule has 8 nitrogen and oxygen atoms in total. The summed E-state index contributed by atoms with van der Waals surface area (Å²) in [7, 11) is 1.36. The lowest BCUT2D eigenvalue weighted by atomic mass is 10.1. The summed E-state index contributed by atoms with van der Waals surface area (Å²) in [5, 5.41) is 13.7. The van der Waals surface area contributed by atoms with Crippen LogP contribution in [0, 0.1) is 5.82 Å². The molecule has 2 rings (SSSR count). The minimum Gasteiger partial charge on any atom is -0.494 e. The summed E-state index contributed by atoms with van der Waals surface area (Å²) < 4.78 is 18.3. The van der Waals surface area contributed by atoms with Crippen molar-refractivity contribution in [1.29, 1.82) is 0 Å². The van der Waals surface area contributed by atoms with Crippen molar-refractivity contribution in [2.75, 3.05) is 33.4 Å². The highest BCUT2D eigenvalue weighted by atomic mass is 19.1. The summed E-state index contributed by atoms with van der Waals surface area (Å²) in [6.45, 7) is 0.0771. The molecule has 0 atom stereocenters. The van der Waals surface area contributed by atoms with Gasteiger partial charge in [0.25, 0.3) is 5.91 Å². The lowest BCUT2D eigenvalue weighted by molar-refractivity contribution is -0.121. The number of amides is 2. The maximum atomic E-state index is 13.4. The summed E-state index contributed by atoms with van der Waals surface area (Å²) in [6, 6.07) is 10.4. The molecule has 0 aliphatic carbocycles. The molecule has 0 aromatic heterocycles. The van der Waals surface area contributed by atoms with E-state index in [0.717, 1.165) is 0 Å². The van der Waals surface area contributed by atoms with Crippen LogP contribution in [0.2, 0.25) is 0 Å². The van der Waals surface area contributed by atoms with E-state index < -0.39 is 5.82 Å². The van der Waals surface area contributed by atoms with Gasteiger partial charge in [-0.3, -0.25) is 19.4 Å². The van der Waals surface area contributed by atoms with Gasteiger partial charge in [0.15, 0.2) is 17.3 Å². The van der Waals surface area contributed by atoms with E-state index in [4.69, 9.17) is 9.84 Å². The monoisotopic (exact) mass is 429 g/mol. The number of carbonyl (C=O) groups is 3. The topological polar surface area (TPSA) is 117 Å². The lowest BCUT2D eigenvalue weighted by Crippen LogP contribution is -2.32. The predicted molar refractivity (Wildman–Crippen MR) is 113 cm³/mol. The molecular weight excluding hydrogens is 405 g/mol. The number of aliphatic imine (C=N–C) groups is 1. The summed E-state index contributed by atoms with van der Waals surface area (Å²) in [6.07, 6.45) is 1.55. The van der Waals surface area contributed by atoms with E-state index in [1.165, 1.54) is 55.8 Å². The molecule has 0 bridgehead atoms. The van der Waals surface area contributed by atoms with E-state index >= 15 is 0 Å². The highest BCUT2D eigenvalue weighted by molar-refractivity contribution is 6.00. The third-order valence-corrected chi connectivity index (χ3v) is 4.19. The van der Waals surface area contributed by atoms with Gasteiger partial charge in [0, 0.05) is 36.9 Å². The SMILES string of the molecule is COc1cc(C=NCC(=O)c2ccc(C(=O)NCCC(=O)NCCO)cc2)ccc1F. The molecule has 2 amide bonds. The van der Waals surface area contributed by atoms with Crippen LogP contribution in [-0.4, -0.2) is 62.3 Å². The van der Waals surface area contributed by atoms with Crippen molar-refractivity contribution >= 4 is 23.8 Å². The fourth-order valence-electron chi connectivity index (χ4n) is 2.56. The molecule has 0 heterocycles. The maximum absolute atomic E-state index is 13.4. The molecule has 31 heavy (non-hydrogen) atoms. The molecule has 2 aromatic carbocycles. The lowest BCUT2D eigenvalue weighted by Gasteiger charge is -2.06. The van der Waals surface area contributed by atoms with Gasteiger partial charge < -0.3 is 20.5 Å². The van der Waals surface area contributed by atoms with Gasteiger partial charge in [-0.05, 0) is 29.8 Å². The zero-order valence-corrected chi connectivity index (χ0v) is 17.1. The van der Waals surface area contributed by atoms with Crippen LogP contribution in [0.25, 0.3) is 0 Å². The molecule has 0 fully saturated rings. The molecule has 0 aliphatic rings. The van der Waals surface area contributed by atoms with Crippen LogP contribution in [0.15, 0.2) is 47.5 Å². The zero-order valence-electron chi connectivity index (χ0n) is 17.1. The van der Waals surface area contributed by atoms with Gasteiger partial charge in [-0.25, -0.2) is 4.39 Å². The Balaban J connectivity index is 1.84. The van der Waals surface area contributed by atoms with E-state index in [1.54, 1.807) is 0 Å². The third-order valence-electron chi connectivity index (χ3n) is 4.19. The number of hydrogen-bond donors (Lipinski definition) is 3. The number of methoxy groups -OCH3 is 1. The van der Waals surface area contributed by atoms with Crippen LogP contribution in [-0.2, 0) is 4.79 Å². The van der Waals surface area contributed by atoms with Crippen molar-refractivity contribution in [2.24, 2.45) is 4.99 Å². The highest BCUT2D eigenvalue weighted by Gasteiger charge is 2.09. The summed E-state index contributed by atoms with van der Waals surface area (Å²) in [5.74, 6) is -1.26. The second kappa shape index (κ2) is 12.2. The van der Waals surface area contributed by atoms with Crippen LogP contribution in [0.5, 0.6) is 5.75 Å². The number of nitrogens with one attached hydrogen (secondary N) is 2. The number of carbonyl (C=O) groups excluding carboxylic acids is 3. The van der Waals surface area contributed by atoms with E-state index in [1.807, 2.05) is 0 Å². The number of ether oxygens (including phenoxy) is 1. The van der Waals surface area contributed by atoms with Crippen LogP contribution in [0.4, 0.5) is 4.39 Å². The average Bonchev–Trinajstić information content (AvgIpc) is 2.78. The molecule has 9 heteroatoms. The number of hydrogen-bond acceptors (Lipinski definition) is 6. The zero-order chi connectivity index (χ0) is 22.6. The Hall–Kier alpha value is -3.59. The largest absolute Gasteiger partial charge is 0.494 e. The number of aliphatic hydroxyl groups excluding tert-OH is 1. The first-order valence-electron chi connectivity index (χ1n) is 9.57. The summed E-state index contributed by atoms with van der Waals surface area (Å²) in [4.78, 5) is 39.9.